The average Bonchev–Trinajstić information content (AvgIpc) is 2.46. The van der Waals surface area contributed by atoms with Gasteiger partial charge >= 0.3 is 0 Å². The van der Waals surface area contributed by atoms with Gasteiger partial charge in [0, 0.05) is 17.1 Å². The molecule has 0 aliphatic rings. The van der Waals surface area contributed by atoms with E-state index in [0.29, 0.717) is 30.3 Å². The molecule has 1 atom stereocenters. The maximum absolute atomic E-state index is 12.7. The van der Waals surface area contributed by atoms with Crippen molar-refractivity contribution in [1.82, 2.24) is 9.71 Å². The van der Waals surface area contributed by atoms with E-state index in [1.165, 1.54) is 0 Å². The molecule has 2 aromatic rings. The van der Waals surface area contributed by atoms with Crippen LogP contribution >= 0.6 is 0 Å². The van der Waals surface area contributed by atoms with E-state index in [0.717, 1.165) is 0 Å². The summed E-state index contributed by atoms with van der Waals surface area (Å²) in [5.41, 5.74) is 5.71. The first kappa shape index (κ1) is 15.9. The van der Waals surface area contributed by atoms with E-state index in [-0.39, 0.29) is 4.90 Å². The smallest absolute Gasteiger partial charge is 0.241 e. The van der Waals surface area contributed by atoms with Crippen molar-refractivity contribution in [2.45, 2.75) is 37.1 Å². The second-order valence-electron chi connectivity index (χ2n) is 5.38. The van der Waals surface area contributed by atoms with Gasteiger partial charge in [0.05, 0.1) is 10.4 Å². The SMILES string of the molecule is CCC(C)(CCN)NS(=O)(=O)c1cccc2ncccc12. The molecule has 1 heterocycles. The Morgan fingerprint density at radius 3 is 2.71 bits per heavy atom. The molecule has 3 N–H and O–H groups in total. The van der Waals surface area contributed by atoms with Gasteiger partial charge in [-0.2, -0.15) is 0 Å². The highest BCUT2D eigenvalue weighted by Gasteiger charge is 2.29. The molecule has 1 unspecified atom stereocenters. The fourth-order valence-electron chi connectivity index (χ4n) is 2.31. The molecule has 0 radical (unpaired) electrons. The highest BCUT2D eigenvalue weighted by molar-refractivity contribution is 7.89. The molecule has 0 bridgehead atoms. The Bertz CT molecular complexity index is 725. The Kier molecular flexibility index (Phi) is 4.61. The number of pyridine rings is 1. The Hall–Kier alpha value is -1.50. The van der Waals surface area contributed by atoms with Crippen LogP contribution in [0, 0.1) is 0 Å². The molecule has 0 spiro atoms. The van der Waals surface area contributed by atoms with Gasteiger partial charge in [0.15, 0.2) is 0 Å². The van der Waals surface area contributed by atoms with Crippen LogP contribution in [0.5, 0.6) is 0 Å². The lowest BCUT2D eigenvalue weighted by Gasteiger charge is -2.29. The summed E-state index contributed by atoms with van der Waals surface area (Å²) in [5, 5.41) is 0.624. The first-order valence-corrected chi connectivity index (χ1v) is 8.48. The van der Waals surface area contributed by atoms with Crippen LogP contribution in [0.2, 0.25) is 0 Å². The van der Waals surface area contributed by atoms with Crippen LogP contribution in [0.15, 0.2) is 41.4 Å². The predicted molar refractivity (Wildman–Crippen MR) is 84.4 cm³/mol. The van der Waals surface area contributed by atoms with Crippen molar-refractivity contribution in [1.29, 1.82) is 0 Å². The van der Waals surface area contributed by atoms with Crippen molar-refractivity contribution in [3.8, 4) is 0 Å². The zero-order valence-electron chi connectivity index (χ0n) is 12.3. The Morgan fingerprint density at radius 1 is 1.29 bits per heavy atom. The van der Waals surface area contributed by atoms with E-state index in [2.05, 4.69) is 9.71 Å². The molecule has 1 aromatic carbocycles. The third-order valence-corrected chi connectivity index (χ3v) is 5.45. The van der Waals surface area contributed by atoms with E-state index in [9.17, 15) is 8.42 Å². The fourth-order valence-corrected chi connectivity index (χ4v) is 4.03. The number of nitrogens with one attached hydrogen (secondary N) is 1. The highest BCUT2D eigenvalue weighted by Crippen LogP contribution is 2.24. The number of sulfonamides is 1. The zero-order valence-corrected chi connectivity index (χ0v) is 13.2. The van der Waals surface area contributed by atoms with Crippen molar-refractivity contribution < 1.29 is 8.42 Å². The van der Waals surface area contributed by atoms with Crippen LogP contribution in [-0.4, -0.2) is 25.5 Å². The first-order valence-electron chi connectivity index (χ1n) is 7.00. The van der Waals surface area contributed by atoms with E-state index in [4.69, 9.17) is 5.73 Å². The Labute approximate surface area is 125 Å². The van der Waals surface area contributed by atoms with Crippen molar-refractivity contribution in [3.63, 3.8) is 0 Å². The van der Waals surface area contributed by atoms with Gasteiger partial charge in [-0.1, -0.05) is 13.0 Å². The van der Waals surface area contributed by atoms with Gasteiger partial charge in [-0.25, -0.2) is 13.1 Å². The summed E-state index contributed by atoms with van der Waals surface area (Å²) in [5.74, 6) is 0. The molecule has 5 nitrogen and oxygen atoms in total. The molecule has 21 heavy (non-hydrogen) atoms. The maximum atomic E-state index is 12.7. The molecule has 0 aliphatic carbocycles. The van der Waals surface area contributed by atoms with E-state index < -0.39 is 15.6 Å². The lowest BCUT2D eigenvalue weighted by atomic mass is 9.96. The number of aromatic nitrogens is 1. The summed E-state index contributed by atoms with van der Waals surface area (Å²) in [4.78, 5) is 4.45. The van der Waals surface area contributed by atoms with Crippen LogP contribution in [0.25, 0.3) is 10.9 Å². The monoisotopic (exact) mass is 307 g/mol. The number of hydrogen-bond acceptors (Lipinski definition) is 4. The summed E-state index contributed by atoms with van der Waals surface area (Å²) in [6.45, 7) is 4.26. The maximum Gasteiger partial charge on any atom is 0.241 e. The van der Waals surface area contributed by atoms with Crippen molar-refractivity contribution in [3.05, 3.63) is 36.5 Å². The number of nitrogens with zero attached hydrogens (tertiary/aromatic N) is 1. The van der Waals surface area contributed by atoms with Gasteiger partial charge in [-0.05, 0) is 50.6 Å². The lowest BCUT2D eigenvalue weighted by molar-refractivity contribution is 0.379. The summed E-state index contributed by atoms with van der Waals surface area (Å²) < 4.78 is 28.2. The zero-order chi connectivity index (χ0) is 15.5. The van der Waals surface area contributed by atoms with E-state index in [1.54, 1.807) is 36.5 Å². The summed E-state index contributed by atoms with van der Waals surface area (Å²) >= 11 is 0. The molecule has 0 saturated carbocycles. The number of rotatable bonds is 6. The van der Waals surface area contributed by atoms with E-state index in [1.807, 2.05) is 13.8 Å². The largest absolute Gasteiger partial charge is 0.330 e. The molecular formula is C15H21N3O2S. The summed E-state index contributed by atoms with van der Waals surface area (Å²) in [7, 11) is -3.62. The molecule has 6 heteroatoms. The quantitative estimate of drug-likeness (QED) is 0.855. The van der Waals surface area contributed by atoms with Gasteiger partial charge < -0.3 is 5.73 Å². The van der Waals surface area contributed by atoms with Gasteiger partial charge in [0.2, 0.25) is 10.0 Å². The summed E-state index contributed by atoms with van der Waals surface area (Å²) in [6, 6.07) is 8.61. The molecule has 0 amide bonds. The minimum absolute atomic E-state index is 0.254. The highest BCUT2D eigenvalue weighted by atomic mass is 32.2. The molecule has 0 fully saturated rings. The molecule has 2 rings (SSSR count). The molecule has 1 aromatic heterocycles. The van der Waals surface area contributed by atoms with Gasteiger partial charge in [-0.15, -0.1) is 0 Å². The molecule has 114 valence electrons. The van der Waals surface area contributed by atoms with Crippen molar-refractivity contribution >= 4 is 20.9 Å². The standard InChI is InChI=1S/C15H21N3O2S/c1-3-15(2,9-10-16)18-21(19,20)14-8-4-7-13-12(14)6-5-11-17-13/h4-8,11,18H,3,9-10,16H2,1-2H3. The second kappa shape index (κ2) is 6.09. The van der Waals surface area contributed by atoms with Crippen LogP contribution in [0.4, 0.5) is 0 Å². The molecular weight excluding hydrogens is 286 g/mol. The van der Waals surface area contributed by atoms with Crippen LogP contribution < -0.4 is 10.5 Å². The Balaban J connectivity index is 2.47. The van der Waals surface area contributed by atoms with Crippen molar-refractivity contribution in [2.24, 2.45) is 5.73 Å². The topological polar surface area (TPSA) is 85.1 Å². The van der Waals surface area contributed by atoms with Crippen LogP contribution in [-0.2, 0) is 10.0 Å². The Morgan fingerprint density at radius 2 is 2.05 bits per heavy atom. The van der Waals surface area contributed by atoms with Gasteiger partial charge in [0.25, 0.3) is 0 Å². The predicted octanol–water partition coefficient (Wildman–Crippen LogP) is 2.03. The number of fused-ring (bicyclic) bond motifs is 1. The fraction of sp³-hybridized carbons (Fsp3) is 0.400. The molecule has 0 saturated heterocycles. The number of benzene rings is 1. The van der Waals surface area contributed by atoms with Crippen molar-refractivity contribution in [2.75, 3.05) is 6.54 Å². The van der Waals surface area contributed by atoms with Crippen LogP contribution in [0.3, 0.4) is 0 Å². The van der Waals surface area contributed by atoms with Gasteiger partial charge in [-0.3, -0.25) is 4.98 Å². The molecule has 0 aliphatic heterocycles. The van der Waals surface area contributed by atoms with Gasteiger partial charge in [0.1, 0.15) is 0 Å². The van der Waals surface area contributed by atoms with Crippen LogP contribution in [0.1, 0.15) is 26.7 Å². The van der Waals surface area contributed by atoms with E-state index >= 15 is 0 Å². The number of hydrogen-bond donors (Lipinski definition) is 2. The normalized spacial score (nSPS) is 15.0. The lowest BCUT2D eigenvalue weighted by Crippen LogP contribution is -2.46. The minimum Gasteiger partial charge on any atom is -0.330 e. The average molecular weight is 307 g/mol. The summed E-state index contributed by atoms with van der Waals surface area (Å²) in [6.07, 6.45) is 2.91. The minimum atomic E-state index is -3.62. The second-order valence-corrected chi connectivity index (χ2v) is 7.04. The number of nitrogens with two attached hydrogens (primary N) is 1. The third kappa shape index (κ3) is 3.40. The third-order valence-electron chi connectivity index (χ3n) is 3.75. The first-order chi connectivity index (χ1) is 9.92.